The summed E-state index contributed by atoms with van der Waals surface area (Å²) in [5.41, 5.74) is 0. The van der Waals surface area contributed by atoms with Gasteiger partial charge in [0.05, 0.1) is 10.9 Å². The lowest BCUT2D eigenvalue weighted by Crippen LogP contribution is -2.53. The molecule has 1 aromatic heterocycles. The number of nitrogens with one attached hydrogen (secondary N) is 3. The van der Waals surface area contributed by atoms with Gasteiger partial charge in [-0.3, -0.25) is 19.8 Å². The molecular weight excluding hydrogens is 328 g/mol. The number of amides is 4. The van der Waals surface area contributed by atoms with Gasteiger partial charge in [0.1, 0.15) is 0 Å². The first-order valence-electron chi connectivity index (χ1n) is 8.04. The number of hydrogen-bond donors (Lipinski definition) is 3. The zero-order valence-electron chi connectivity index (χ0n) is 14.2. The predicted octanol–water partition coefficient (Wildman–Crippen LogP) is 1.09. The van der Waals surface area contributed by atoms with E-state index in [1.807, 2.05) is 24.0 Å². The molecular formula is C16H24N4O3S. The minimum absolute atomic E-state index is 0.0306. The van der Waals surface area contributed by atoms with Crippen LogP contribution >= 0.6 is 11.3 Å². The molecule has 4 amide bonds. The van der Waals surface area contributed by atoms with Crippen LogP contribution < -0.4 is 16.0 Å². The van der Waals surface area contributed by atoms with Crippen molar-refractivity contribution in [1.82, 2.24) is 20.9 Å². The molecule has 0 aliphatic carbocycles. The Morgan fingerprint density at radius 2 is 1.92 bits per heavy atom. The summed E-state index contributed by atoms with van der Waals surface area (Å²) in [4.78, 5) is 39.2. The maximum absolute atomic E-state index is 12.2. The van der Waals surface area contributed by atoms with E-state index in [4.69, 9.17) is 0 Å². The van der Waals surface area contributed by atoms with Crippen molar-refractivity contribution in [2.75, 3.05) is 20.1 Å². The highest BCUT2D eigenvalue weighted by Crippen LogP contribution is 2.17. The Balaban J connectivity index is 1.79. The van der Waals surface area contributed by atoms with Crippen molar-refractivity contribution in [3.05, 3.63) is 21.9 Å². The van der Waals surface area contributed by atoms with Crippen molar-refractivity contribution in [2.45, 2.75) is 38.8 Å². The molecule has 1 aliphatic heterocycles. The number of rotatable bonds is 4. The first kappa shape index (κ1) is 18.4. The molecule has 1 unspecified atom stereocenters. The molecule has 2 heterocycles. The van der Waals surface area contributed by atoms with Gasteiger partial charge in [-0.2, -0.15) is 0 Å². The molecule has 0 saturated carbocycles. The predicted molar refractivity (Wildman–Crippen MR) is 93.2 cm³/mol. The SMILES string of the molecule is CNC(=O)NC(=O)C(C)N1CCC(NC(=O)c2ccc(C)s2)CC1. The molecule has 8 heteroatoms. The fourth-order valence-electron chi connectivity index (χ4n) is 2.69. The highest BCUT2D eigenvalue weighted by Gasteiger charge is 2.28. The molecule has 1 fully saturated rings. The summed E-state index contributed by atoms with van der Waals surface area (Å²) in [5, 5.41) is 7.72. The normalized spacial score (nSPS) is 17.1. The van der Waals surface area contributed by atoms with Crippen molar-refractivity contribution in [3.8, 4) is 0 Å². The van der Waals surface area contributed by atoms with Gasteiger partial charge in [0.2, 0.25) is 5.91 Å². The van der Waals surface area contributed by atoms with E-state index in [0.29, 0.717) is 13.1 Å². The molecule has 0 radical (unpaired) electrons. The van der Waals surface area contributed by atoms with Gasteiger partial charge < -0.3 is 10.6 Å². The fourth-order valence-corrected chi connectivity index (χ4v) is 3.46. The van der Waals surface area contributed by atoms with E-state index in [-0.39, 0.29) is 23.9 Å². The molecule has 1 saturated heterocycles. The Hall–Kier alpha value is -1.93. The number of likely N-dealkylation sites (tertiary alicyclic amines) is 1. The summed E-state index contributed by atoms with van der Waals surface area (Å²) in [6, 6.07) is 3.02. The Kier molecular flexibility index (Phi) is 6.33. The lowest BCUT2D eigenvalue weighted by atomic mass is 10.0. The van der Waals surface area contributed by atoms with Crippen molar-refractivity contribution in [3.63, 3.8) is 0 Å². The van der Waals surface area contributed by atoms with Crippen molar-refractivity contribution in [1.29, 1.82) is 0 Å². The minimum atomic E-state index is -0.500. The highest BCUT2D eigenvalue weighted by molar-refractivity contribution is 7.13. The average molecular weight is 352 g/mol. The van der Waals surface area contributed by atoms with Crippen molar-refractivity contribution in [2.24, 2.45) is 0 Å². The van der Waals surface area contributed by atoms with Crippen LogP contribution in [0, 0.1) is 6.92 Å². The molecule has 3 N–H and O–H groups in total. The Bertz CT molecular complexity index is 608. The van der Waals surface area contributed by atoms with Crippen LogP contribution in [0.3, 0.4) is 0 Å². The second-order valence-electron chi connectivity index (χ2n) is 5.94. The number of piperidine rings is 1. The standard InChI is InChI=1S/C16H24N4O3S/c1-10-4-5-13(24-10)15(22)18-12-6-8-20(9-7-12)11(2)14(21)19-16(23)17-3/h4-5,11-12H,6-9H2,1-3H3,(H,18,22)(H2,17,19,21,23). The monoisotopic (exact) mass is 352 g/mol. The molecule has 7 nitrogen and oxygen atoms in total. The maximum atomic E-state index is 12.2. The van der Waals surface area contributed by atoms with Crippen LogP contribution in [0.1, 0.15) is 34.3 Å². The van der Waals surface area contributed by atoms with Gasteiger partial charge in [0, 0.05) is 31.1 Å². The van der Waals surface area contributed by atoms with Gasteiger partial charge in [-0.1, -0.05) is 0 Å². The number of urea groups is 1. The summed E-state index contributed by atoms with van der Waals surface area (Å²) >= 11 is 1.49. The van der Waals surface area contributed by atoms with Gasteiger partial charge in [0.15, 0.2) is 0 Å². The third-order valence-electron chi connectivity index (χ3n) is 4.22. The van der Waals surface area contributed by atoms with Gasteiger partial charge >= 0.3 is 6.03 Å². The van der Waals surface area contributed by atoms with Crippen LogP contribution in [-0.2, 0) is 4.79 Å². The Morgan fingerprint density at radius 3 is 2.46 bits per heavy atom. The highest BCUT2D eigenvalue weighted by atomic mass is 32.1. The van der Waals surface area contributed by atoms with Crippen molar-refractivity contribution < 1.29 is 14.4 Å². The molecule has 24 heavy (non-hydrogen) atoms. The van der Waals surface area contributed by atoms with Gasteiger partial charge in [0.25, 0.3) is 5.91 Å². The zero-order valence-corrected chi connectivity index (χ0v) is 15.0. The number of hydrogen-bond acceptors (Lipinski definition) is 5. The van der Waals surface area contributed by atoms with Gasteiger partial charge in [-0.25, -0.2) is 4.79 Å². The minimum Gasteiger partial charge on any atom is -0.349 e. The van der Waals surface area contributed by atoms with E-state index in [9.17, 15) is 14.4 Å². The molecule has 1 aliphatic rings. The van der Waals surface area contributed by atoms with Gasteiger partial charge in [-0.05, 0) is 38.8 Å². The van der Waals surface area contributed by atoms with E-state index in [0.717, 1.165) is 22.6 Å². The average Bonchev–Trinajstić information content (AvgIpc) is 3.01. The summed E-state index contributed by atoms with van der Waals surface area (Å²) in [5.74, 6) is -0.345. The molecule has 132 valence electrons. The molecule has 0 aromatic carbocycles. The molecule has 2 rings (SSSR count). The summed E-state index contributed by atoms with van der Waals surface area (Å²) in [6.45, 7) is 5.17. The van der Waals surface area contributed by atoms with E-state index in [1.54, 1.807) is 6.92 Å². The second-order valence-corrected chi connectivity index (χ2v) is 7.23. The first-order valence-corrected chi connectivity index (χ1v) is 8.86. The molecule has 0 bridgehead atoms. The number of carbonyl (C=O) groups is 3. The first-order chi connectivity index (χ1) is 11.4. The smallest absolute Gasteiger partial charge is 0.321 e. The lowest BCUT2D eigenvalue weighted by Gasteiger charge is -2.35. The fraction of sp³-hybridized carbons (Fsp3) is 0.562. The largest absolute Gasteiger partial charge is 0.349 e. The van der Waals surface area contributed by atoms with E-state index < -0.39 is 6.03 Å². The molecule has 1 aromatic rings. The lowest BCUT2D eigenvalue weighted by molar-refractivity contribution is -0.125. The van der Waals surface area contributed by atoms with Crippen LogP contribution in [0.15, 0.2) is 12.1 Å². The van der Waals surface area contributed by atoms with E-state index in [1.165, 1.54) is 18.4 Å². The molecule has 1 atom stereocenters. The number of thiophene rings is 1. The summed E-state index contributed by atoms with van der Waals surface area (Å²) in [6.07, 6.45) is 1.57. The number of nitrogens with zero attached hydrogens (tertiary/aromatic N) is 1. The quantitative estimate of drug-likeness (QED) is 0.757. The number of carbonyl (C=O) groups excluding carboxylic acids is 3. The molecule has 0 spiro atoms. The summed E-state index contributed by atoms with van der Waals surface area (Å²) in [7, 11) is 1.47. The van der Waals surface area contributed by atoms with Crippen LogP contribution in [0.4, 0.5) is 4.79 Å². The second kappa shape index (κ2) is 8.25. The van der Waals surface area contributed by atoms with Crippen LogP contribution in [-0.4, -0.2) is 55.0 Å². The Labute approximate surface area is 145 Å². The van der Waals surface area contributed by atoms with E-state index in [2.05, 4.69) is 16.0 Å². The van der Waals surface area contributed by atoms with Crippen LogP contribution in [0.25, 0.3) is 0 Å². The number of imide groups is 1. The Morgan fingerprint density at radius 1 is 1.25 bits per heavy atom. The number of aryl methyl sites for hydroxylation is 1. The third kappa shape index (κ3) is 4.78. The topological polar surface area (TPSA) is 90.5 Å². The van der Waals surface area contributed by atoms with Crippen LogP contribution in [0.2, 0.25) is 0 Å². The maximum Gasteiger partial charge on any atom is 0.321 e. The summed E-state index contributed by atoms with van der Waals surface area (Å²) < 4.78 is 0. The van der Waals surface area contributed by atoms with Crippen molar-refractivity contribution >= 4 is 29.2 Å². The van der Waals surface area contributed by atoms with Gasteiger partial charge in [-0.15, -0.1) is 11.3 Å². The van der Waals surface area contributed by atoms with E-state index >= 15 is 0 Å². The third-order valence-corrected chi connectivity index (χ3v) is 5.22. The van der Waals surface area contributed by atoms with Crippen LogP contribution in [0.5, 0.6) is 0 Å². The zero-order chi connectivity index (χ0) is 17.7.